The molecule has 1 N–H and O–H groups in total. The van der Waals surface area contributed by atoms with E-state index in [1.54, 1.807) is 0 Å². The minimum absolute atomic E-state index is 0. The Hall–Kier alpha value is 0.0100. The van der Waals surface area contributed by atoms with E-state index in [1.165, 1.54) is 12.5 Å². The number of rotatable bonds is 0. The molecule has 0 spiro atoms. The van der Waals surface area contributed by atoms with E-state index in [4.69, 9.17) is 0 Å². The Bertz CT molecular complexity index is 151. The summed E-state index contributed by atoms with van der Waals surface area (Å²) in [4.78, 5) is 12.1. The molecule has 0 atom stereocenters. The molecule has 0 aliphatic carbocycles. The Kier molecular flexibility index (Phi) is 3.07. The maximum absolute atomic E-state index is 9.85. The molecule has 0 aliphatic rings. The Morgan fingerprint density at radius 2 is 2.43 bits per heavy atom. The van der Waals surface area contributed by atoms with Crippen molar-refractivity contribution in [1.82, 2.24) is 4.98 Å². The summed E-state index contributed by atoms with van der Waals surface area (Å²) in [7, 11) is 0. The molecule has 3 nitrogen and oxygen atoms in total. The molecule has 0 saturated carbocycles. The van der Waals surface area contributed by atoms with Gasteiger partial charge in [0.2, 0.25) is 0 Å². The molecular formula is C3H3NNaO2. The van der Waals surface area contributed by atoms with Gasteiger partial charge in [-0.1, -0.05) is 0 Å². The summed E-state index contributed by atoms with van der Waals surface area (Å²) in [5.41, 5.74) is 0. The number of hydrogen-bond donors (Lipinski definition) is 1. The van der Waals surface area contributed by atoms with Crippen LogP contribution in [0.1, 0.15) is 0 Å². The predicted molar refractivity (Wildman–Crippen MR) is 25.1 cm³/mol. The fourth-order valence-electron chi connectivity index (χ4n) is 0.232. The van der Waals surface area contributed by atoms with Gasteiger partial charge in [-0.05, 0) is 0 Å². The number of oxazole rings is 1. The molecule has 1 aromatic heterocycles. The van der Waals surface area contributed by atoms with E-state index in [1.807, 2.05) is 0 Å². The van der Waals surface area contributed by atoms with Crippen LogP contribution >= 0.6 is 0 Å². The quantitative estimate of drug-likeness (QED) is 0.459. The third-order valence-electron chi connectivity index (χ3n) is 0.444. The number of nitrogens with one attached hydrogen (secondary N) is 1. The largest absolute Gasteiger partial charge is 0.417 e. The second-order valence-electron chi connectivity index (χ2n) is 0.852. The van der Waals surface area contributed by atoms with Crippen LogP contribution in [0, 0.1) is 0 Å². The average molecular weight is 108 g/mol. The Morgan fingerprint density at radius 1 is 1.71 bits per heavy atom. The van der Waals surface area contributed by atoms with Crippen molar-refractivity contribution in [3.05, 3.63) is 23.0 Å². The molecule has 1 aromatic rings. The van der Waals surface area contributed by atoms with E-state index in [0.29, 0.717) is 0 Å². The molecule has 0 bridgehead atoms. The molecule has 0 amide bonds. The third kappa shape index (κ3) is 1.97. The third-order valence-corrected chi connectivity index (χ3v) is 0.444. The minimum atomic E-state index is -0.407. The van der Waals surface area contributed by atoms with Gasteiger partial charge < -0.3 is 4.42 Å². The molecule has 0 aliphatic heterocycles. The molecule has 0 aromatic carbocycles. The van der Waals surface area contributed by atoms with E-state index in [2.05, 4.69) is 9.40 Å². The monoisotopic (exact) mass is 108 g/mol. The zero-order chi connectivity index (χ0) is 4.41. The van der Waals surface area contributed by atoms with Crippen molar-refractivity contribution < 1.29 is 4.42 Å². The van der Waals surface area contributed by atoms with E-state index in [0.717, 1.165) is 0 Å². The summed E-state index contributed by atoms with van der Waals surface area (Å²) in [5.74, 6) is -0.407. The van der Waals surface area contributed by atoms with Gasteiger partial charge in [0.1, 0.15) is 6.26 Å². The van der Waals surface area contributed by atoms with Gasteiger partial charge >= 0.3 is 5.76 Å². The fraction of sp³-hybridized carbons (Fsp3) is 0. The summed E-state index contributed by atoms with van der Waals surface area (Å²) in [6.07, 6.45) is 2.73. The SMILES string of the molecule is O=c1[nH]cco1.[Na]. The van der Waals surface area contributed by atoms with Gasteiger partial charge in [0.15, 0.2) is 0 Å². The maximum Gasteiger partial charge on any atom is 0.416 e. The zero-order valence-corrected chi connectivity index (χ0v) is 5.97. The number of H-pyrrole nitrogens is 1. The van der Waals surface area contributed by atoms with Gasteiger partial charge in [0.25, 0.3) is 0 Å². The standard InChI is InChI=1S/C3H3NO2.Na/c5-3-4-1-2-6-3;/h1-2H,(H,4,5);. The summed E-state index contributed by atoms with van der Waals surface area (Å²) >= 11 is 0. The summed E-state index contributed by atoms with van der Waals surface area (Å²) < 4.78 is 4.22. The second-order valence-corrected chi connectivity index (χ2v) is 0.852. The molecule has 4 heteroatoms. The van der Waals surface area contributed by atoms with E-state index in [9.17, 15) is 4.79 Å². The van der Waals surface area contributed by atoms with E-state index < -0.39 is 5.76 Å². The molecule has 0 fully saturated rings. The first kappa shape index (κ1) is 7.01. The van der Waals surface area contributed by atoms with Crippen LogP contribution in [0.25, 0.3) is 0 Å². The molecule has 7 heavy (non-hydrogen) atoms. The van der Waals surface area contributed by atoms with Crippen molar-refractivity contribution in [3.63, 3.8) is 0 Å². The summed E-state index contributed by atoms with van der Waals surface area (Å²) in [6, 6.07) is 0. The molecule has 33 valence electrons. The normalized spacial score (nSPS) is 7.43. The van der Waals surface area contributed by atoms with Crippen molar-refractivity contribution in [2.75, 3.05) is 0 Å². The Balaban J connectivity index is 0.000000360. The van der Waals surface area contributed by atoms with Crippen molar-refractivity contribution >= 4 is 29.6 Å². The van der Waals surface area contributed by atoms with Crippen molar-refractivity contribution in [2.24, 2.45) is 0 Å². The van der Waals surface area contributed by atoms with Crippen LogP contribution in [0.3, 0.4) is 0 Å². The van der Waals surface area contributed by atoms with Gasteiger partial charge in [-0.3, -0.25) is 4.98 Å². The van der Waals surface area contributed by atoms with Gasteiger partial charge in [0, 0.05) is 35.8 Å². The van der Waals surface area contributed by atoms with Crippen LogP contribution in [0.2, 0.25) is 0 Å². The first-order valence-electron chi connectivity index (χ1n) is 1.52. The molecule has 0 saturated heterocycles. The minimum Gasteiger partial charge on any atom is -0.417 e. The molecule has 1 rings (SSSR count). The van der Waals surface area contributed by atoms with Gasteiger partial charge in [-0.15, -0.1) is 0 Å². The number of aromatic nitrogens is 1. The first-order chi connectivity index (χ1) is 2.89. The van der Waals surface area contributed by atoms with Crippen LogP contribution in [0.15, 0.2) is 21.7 Å². The molecule has 0 unspecified atom stereocenters. The number of aromatic amines is 1. The second kappa shape index (κ2) is 3.07. The maximum atomic E-state index is 9.85. The van der Waals surface area contributed by atoms with Crippen LogP contribution < -0.4 is 5.76 Å². The summed E-state index contributed by atoms with van der Waals surface area (Å²) in [5, 5.41) is 0. The van der Waals surface area contributed by atoms with Crippen molar-refractivity contribution in [2.45, 2.75) is 0 Å². The van der Waals surface area contributed by atoms with Gasteiger partial charge in [-0.25, -0.2) is 4.79 Å². The van der Waals surface area contributed by atoms with Crippen LogP contribution in [0.4, 0.5) is 0 Å². The summed E-state index contributed by atoms with van der Waals surface area (Å²) in [6.45, 7) is 0. The smallest absolute Gasteiger partial charge is 0.416 e. The van der Waals surface area contributed by atoms with Crippen LogP contribution in [-0.2, 0) is 0 Å². The fourth-order valence-corrected chi connectivity index (χ4v) is 0.232. The first-order valence-corrected chi connectivity index (χ1v) is 1.52. The van der Waals surface area contributed by atoms with Crippen molar-refractivity contribution in [1.29, 1.82) is 0 Å². The topological polar surface area (TPSA) is 46.0 Å². The molecule has 1 radical (unpaired) electrons. The van der Waals surface area contributed by atoms with Gasteiger partial charge in [0.05, 0.1) is 0 Å². The van der Waals surface area contributed by atoms with Gasteiger partial charge in [-0.2, -0.15) is 0 Å². The number of hydrogen-bond acceptors (Lipinski definition) is 2. The molecular weight excluding hydrogens is 105 g/mol. The average Bonchev–Trinajstić information content (AvgIpc) is 1.86. The van der Waals surface area contributed by atoms with Crippen LogP contribution in [-0.4, -0.2) is 34.5 Å². The zero-order valence-electron chi connectivity index (χ0n) is 3.97. The molecule has 1 heterocycles. The van der Waals surface area contributed by atoms with E-state index >= 15 is 0 Å². The Labute approximate surface area is 62.0 Å². The Morgan fingerprint density at radius 3 is 2.57 bits per heavy atom. The van der Waals surface area contributed by atoms with E-state index in [-0.39, 0.29) is 29.6 Å². The predicted octanol–water partition coefficient (Wildman–Crippen LogP) is -0.413. The van der Waals surface area contributed by atoms with Crippen LogP contribution in [0.5, 0.6) is 0 Å². The van der Waals surface area contributed by atoms with Crippen molar-refractivity contribution in [3.8, 4) is 0 Å².